The van der Waals surface area contributed by atoms with Crippen LogP contribution < -0.4 is 5.73 Å². The molecule has 1 aromatic carbocycles. The average molecular weight is 261 g/mol. The van der Waals surface area contributed by atoms with E-state index >= 15 is 0 Å². The molecule has 0 aliphatic carbocycles. The molecule has 2 nitrogen and oxygen atoms in total. The molecule has 2 rings (SSSR count). The van der Waals surface area contributed by atoms with E-state index < -0.39 is 0 Å². The van der Waals surface area contributed by atoms with Gasteiger partial charge in [0, 0.05) is 16.7 Å². The van der Waals surface area contributed by atoms with Crippen molar-refractivity contribution in [1.29, 1.82) is 0 Å². The molecule has 1 aromatic heterocycles. The minimum atomic E-state index is 0.0594. The normalized spacial score (nSPS) is 12.7. The van der Waals surface area contributed by atoms with E-state index in [1.54, 1.807) is 18.0 Å². The Hall–Kier alpha value is -1.19. The van der Waals surface area contributed by atoms with Gasteiger partial charge in [-0.2, -0.15) is 0 Å². The van der Waals surface area contributed by atoms with Gasteiger partial charge >= 0.3 is 0 Å². The molecule has 2 N–H and O–H groups in total. The van der Waals surface area contributed by atoms with Crippen molar-refractivity contribution in [3.63, 3.8) is 0 Å². The SMILES string of the molecule is Cc1ccc(C)c(C(N)CSc2ccoc2C)c1. The monoisotopic (exact) mass is 261 g/mol. The quantitative estimate of drug-likeness (QED) is 0.846. The van der Waals surface area contributed by atoms with Crippen molar-refractivity contribution in [1.82, 2.24) is 0 Å². The highest BCUT2D eigenvalue weighted by Gasteiger charge is 2.11. The van der Waals surface area contributed by atoms with Crippen LogP contribution in [0.2, 0.25) is 0 Å². The summed E-state index contributed by atoms with van der Waals surface area (Å²) in [6.07, 6.45) is 1.72. The number of thioether (sulfide) groups is 1. The summed E-state index contributed by atoms with van der Waals surface area (Å²) in [5, 5.41) is 0. The smallest absolute Gasteiger partial charge is 0.114 e. The van der Waals surface area contributed by atoms with Crippen LogP contribution in [0.1, 0.15) is 28.5 Å². The van der Waals surface area contributed by atoms with Crippen LogP contribution in [-0.4, -0.2) is 5.75 Å². The van der Waals surface area contributed by atoms with E-state index in [1.807, 2.05) is 13.0 Å². The molecule has 0 saturated heterocycles. The van der Waals surface area contributed by atoms with Gasteiger partial charge in [-0.3, -0.25) is 0 Å². The Morgan fingerprint density at radius 3 is 2.67 bits per heavy atom. The second-order valence-corrected chi connectivity index (χ2v) is 5.68. The van der Waals surface area contributed by atoms with Gasteiger partial charge in [0.15, 0.2) is 0 Å². The molecule has 1 atom stereocenters. The van der Waals surface area contributed by atoms with Gasteiger partial charge in [0.05, 0.1) is 6.26 Å². The van der Waals surface area contributed by atoms with Crippen LogP contribution in [0.3, 0.4) is 0 Å². The molecule has 0 spiro atoms. The lowest BCUT2D eigenvalue weighted by atomic mass is 10.0. The topological polar surface area (TPSA) is 39.2 Å². The number of benzene rings is 1. The summed E-state index contributed by atoms with van der Waals surface area (Å²) in [5.74, 6) is 1.83. The molecule has 2 aromatic rings. The molecule has 0 radical (unpaired) electrons. The molecule has 96 valence electrons. The first kappa shape index (κ1) is 13.2. The number of rotatable bonds is 4. The Morgan fingerprint density at radius 1 is 1.22 bits per heavy atom. The highest BCUT2D eigenvalue weighted by Crippen LogP contribution is 2.28. The van der Waals surface area contributed by atoms with E-state index in [1.165, 1.54) is 21.6 Å². The van der Waals surface area contributed by atoms with E-state index in [9.17, 15) is 0 Å². The molecule has 0 fully saturated rings. The first-order chi connectivity index (χ1) is 8.58. The zero-order valence-electron chi connectivity index (χ0n) is 11.1. The molecule has 0 bridgehead atoms. The fourth-order valence-electron chi connectivity index (χ4n) is 1.95. The Morgan fingerprint density at radius 2 is 2.00 bits per heavy atom. The third-order valence-corrected chi connectivity index (χ3v) is 4.32. The second-order valence-electron chi connectivity index (χ2n) is 4.62. The van der Waals surface area contributed by atoms with Gasteiger partial charge in [0.2, 0.25) is 0 Å². The number of aryl methyl sites for hydroxylation is 3. The zero-order chi connectivity index (χ0) is 13.1. The Bertz CT molecular complexity index is 533. The maximum atomic E-state index is 6.28. The summed E-state index contributed by atoms with van der Waals surface area (Å²) in [5.41, 5.74) is 10.0. The van der Waals surface area contributed by atoms with E-state index in [-0.39, 0.29) is 6.04 Å². The minimum Gasteiger partial charge on any atom is -0.468 e. The van der Waals surface area contributed by atoms with Gasteiger partial charge in [0.1, 0.15) is 5.76 Å². The Labute approximate surface area is 113 Å². The van der Waals surface area contributed by atoms with Crippen molar-refractivity contribution < 1.29 is 4.42 Å². The summed E-state index contributed by atoms with van der Waals surface area (Å²) in [4.78, 5) is 1.18. The molecule has 1 heterocycles. The number of hydrogen-bond donors (Lipinski definition) is 1. The summed E-state index contributed by atoms with van der Waals surface area (Å²) >= 11 is 1.75. The van der Waals surface area contributed by atoms with E-state index in [2.05, 4.69) is 32.0 Å². The van der Waals surface area contributed by atoms with E-state index in [4.69, 9.17) is 10.2 Å². The van der Waals surface area contributed by atoms with Crippen molar-refractivity contribution in [2.75, 3.05) is 5.75 Å². The number of nitrogens with two attached hydrogens (primary N) is 1. The van der Waals surface area contributed by atoms with E-state index in [0.29, 0.717) is 0 Å². The first-order valence-electron chi connectivity index (χ1n) is 6.07. The molecule has 0 saturated carbocycles. The molecule has 1 unspecified atom stereocenters. The van der Waals surface area contributed by atoms with Gasteiger partial charge in [0.25, 0.3) is 0 Å². The lowest BCUT2D eigenvalue weighted by molar-refractivity contribution is 0.527. The van der Waals surface area contributed by atoms with Crippen molar-refractivity contribution in [3.8, 4) is 0 Å². The lowest BCUT2D eigenvalue weighted by Gasteiger charge is -2.15. The van der Waals surface area contributed by atoms with Crippen LogP contribution in [0.4, 0.5) is 0 Å². The maximum Gasteiger partial charge on any atom is 0.114 e. The second kappa shape index (κ2) is 5.63. The summed E-state index contributed by atoms with van der Waals surface area (Å²) in [6, 6.07) is 8.50. The zero-order valence-corrected chi connectivity index (χ0v) is 11.9. The largest absolute Gasteiger partial charge is 0.468 e. The highest BCUT2D eigenvalue weighted by molar-refractivity contribution is 7.99. The minimum absolute atomic E-state index is 0.0594. The van der Waals surface area contributed by atoms with Gasteiger partial charge in [-0.25, -0.2) is 0 Å². The van der Waals surface area contributed by atoms with Crippen LogP contribution in [0, 0.1) is 20.8 Å². The van der Waals surface area contributed by atoms with Gasteiger partial charge in [-0.15, -0.1) is 11.8 Å². The predicted octanol–water partition coefficient (Wildman–Crippen LogP) is 4.00. The van der Waals surface area contributed by atoms with Crippen LogP contribution in [-0.2, 0) is 0 Å². The number of hydrogen-bond acceptors (Lipinski definition) is 3. The predicted molar refractivity (Wildman–Crippen MR) is 77.0 cm³/mol. The molecule has 0 aliphatic rings. The first-order valence-corrected chi connectivity index (χ1v) is 7.06. The highest BCUT2D eigenvalue weighted by atomic mass is 32.2. The van der Waals surface area contributed by atoms with E-state index in [0.717, 1.165) is 11.5 Å². The van der Waals surface area contributed by atoms with Crippen molar-refractivity contribution >= 4 is 11.8 Å². The lowest BCUT2D eigenvalue weighted by Crippen LogP contribution is -2.14. The van der Waals surface area contributed by atoms with Crippen molar-refractivity contribution in [3.05, 3.63) is 53.0 Å². The Balaban J connectivity index is 2.06. The molecule has 0 aliphatic heterocycles. The molecule has 3 heteroatoms. The molecule has 18 heavy (non-hydrogen) atoms. The average Bonchev–Trinajstić information content (AvgIpc) is 2.75. The van der Waals surface area contributed by atoms with Gasteiger partial charge in [-0.1, -0.05) is 23.8 Å². The van der Waals surface area contributed by atoms with Crippen LogP contribution in [0.15, 0.2) is 39.8 Å². The summed E-state index contributed by atoms with van der Waals surface area (Å²) in [6.45, 7) is 6.19. The van der Waals surface area contributed by atoms with Crippen molar-refractivity contribution in [2.45, 2.75) is 31.7 Å². The summed E-state index contributed by atoms with van der Waals surface area (Å²) in [7, 11) is 0. The van der Waals surface area contributed by atoms with Crippen LogP contribution in [0.5, 0.6) is 0 Å². The standard InChI is InChI=1S/C15H19NOS/c1-10-4-5-11(2)13(8-10)14(16)9-18-15-6-7-17-12(15)3/h4-8,14H,9,16H2,1-3H3. The van der Waals surface area contributed by atoms with Gasteiger partial charge in [-0.05, 0) is 38.0 Å². The fraction of sp³-hybridized carbons (Fsp3) is 0.333. The third kappa shape index (κ3) is 2.98. The maximum absolute atomic E-state index is 6.28. The third-order valence-electron chi connectivity index (χ3n) is 3.06. The fourth-order valence-corrected chi connectivity index (χ4v) is 2.89. The molecular formula is C15H19NOS. The van der Waals surface area contributed by atoms with Crippen molar-refractivity contribution in [2.24, 2.45) is 5.73 Å². The Kier molecular flexibility index (Phi) is 4.15. The molecular weight excluding hydrogens is 242 g/mol. The molecule has 0 amide bonds. The van der Waals surface area contributed by atoms with Crippen LogP contribution in [0.25, 0.3) is 0 Å². The summed E-state index contributed by atoms with van der Waals surface area (Å²) < 4.78 is 5.28. The van der Waals surface area contributed by atoms with Crippen LogP contribution >= 0.6 is 11.8 Å². The van der Waals surface area contributed by atoms with Gasteiger partial charge < -0.3 is 10.2 Å². The number of furan rings is 1.